The quantitative estimate of drug-likeness (QED) is 0.419. The van der Waals surface area contributed by atoms with Crippen LogP contribution < -0.4 is 15.5 Å². The summed E-state index contributed by atoms with van der Waals surface area (Å²) in [5, 5.41) is 7.59. The average Bonchev–Trinajstić information content (AvgIpc) is 3.37. The predicted octanol–water partition coefficient (Wildman–Crippen LogP) is 4.10. The molecule has 2 aliphatic rings. The van der Waals surface area contributed by atoms with Crippen LogP contribution in [0.5, 0.6) is 0 Å². The first-order chi connectivity index (χ1) is 16.9. The summed E-state index contributed by atoms with van der Waals surface area (Å²) in [6, 6.07) is 12.2. The van der Waals surface area contributed by atoms with Gasteiger partial charge in [-0.15, -0.1) is 0 Å². The first kappa shape index (κ1) is 21.6. The van der Waals surface area contributed by atoms with Gasteiger partial charge in [0, 0.05) is 66.8 Å². The van der Waals surface area contributed by atoms with Gasteiger partial charge in [0.1, 0.15) is 11.5 Å². The number of carbonyl (C=O) groups is 1. The van der Waals surface area contributed by atoms with Gasteiger partial charge in [0.25, 0.3) is 5.91 Å². The number of anilines is 3. The Hall–Kier alpha value is -3.91. The molecule has 1 amide bonds. The largest absolute Gasteiger partial charge is 0.354 e. The smallest absolute Gasteiger partial charge is 0.252 e. The van der Waals surface area contributed by atoms with Crippen molar-refractivity contribution in [2.24, 2.45) is 0 Å². The summed E-state index contributed by atoms with van der Waals surface area (Å²) in [4.78, 5) is 29.5. The van der Waals surface area contributed by atoms with Crippen LogP contribution in [-0.4, -0.2) is 59.0 Å². The Kier molecular flexibility index (Phi) is 5.00. The molecular formula is C27H29N7O. The zero-order chi connectivity index (χ0) is 24.2. The van der Waals surface area contributed by atoms with Gasteiger partial charge < -0.3 is 25.4 Å². The Balaban J connectivity index is 1.30. The van der Waals surface area contributed by atoms with E-state index in [-0.39, 0.29) is 11.4 Å². The summed E-state index contributed by atoms with van der Waals surface area (Å²) in [6.07, 6.45) is 5.68. The lowest BCUT2D eigenvalue weighted by atomic mass is 9.91. The van der Waals surface area contributed by atoms with Crippen LogP contribution in [0.3, 0.4) is 0 Å². The Bertz CT molecular complexity index is 1430. The number of aromatic amines is 1. The van der Waals surface area contributed by atoms with Crippen molar-refractivity contribution in [1.29, 1.82) is 0 Å². The van der Waals surface area contributed by atoms with E-state index >= 15 is 0 Å². The molecule has 0 radical (unpaired) electrons. The number of hydrogen-bond donors (Lipinski definition) is 3. The Morgan fingerprint density at radius 1 is 0.971 bits per heavy atom. The molecule has 1 saturated heterocycles. The maximum atomic E-state index is 12.3. The van der Waals surface area contributed by atoms with Crippen molar-refractivity contribution in [1.82, 2.24) is 25.2 Å². The van der Waals surface area contributed by atoms with Crippen LogP contribution in [-0.2, 0) is 5.54 Å². The number of carbonyl (C=O) groups excluding carboxylic acids is 1. The summed E-state index contributed by atoms with van der Waals surface area (Å²) in [7, 11) is 2.15. The van der Waals surface area contributed by atoms with E-state index in [1.165, 1.54) is 0 Å². The van der Waals surface area contributed by atoms with Gasteiger partial charge in [0.05, 0.1) is 17.4 Å². The molecule has 1 fully saturated rings. The lowest BCUT2D eigenvalue weighted by Crippen LogP contribution is -2.44. The average molecular weight is 468 g/mol. The topological polar surface area (TPSA) is 89.2 Å². The van der Waals surface area contributed by atoms with E-state index in [0.717, 1.165) is 76.7 Å². The molecule has 2 aliphatic heterocycles. The van der Waals surface area contributed by atoms with E-state index in [0.29, 0.717) is 0 Å². The van der Waals surface area contributed by atoms with Gasteiger partial charge in [0.15, 0.2) is 0 Å². The Morgan fingerprint density at radius 3 is 2.63 bits per heavy atom. The van der Waals surface area contributed by atoms with Crippen molar-refractivity contribution < 1.29 is 4.79 Å². The second-order valence-electron chi connectivity index (χ2n) is 9.98. The van der Waals surface area contributed by atoms with Crippen LogP contribution in [0.25, 0.3) is 22.2 Å². The zero-order valence-corrected chi connectivity index (χ0v) is 20.2. The van der Waals surface area contributed by atoms with Crippen LogP contribution in [0, 0.1) is 0 Å². The monoisotopic (exact) mass is 467 g/mol. The molecule has 35 heavy (non-hydrogen) atoms. The summed E-state index contributed by atoms with van der Waals surface area (Å²) < 4.78 is 0. The van der Waals surface area contributed by atoms with Crippen molar-refractivity contribution in [3.8, 4) is 11.1 Å². The Labute approximate surface area is 204 Å². The number of fused-ring (bicyclic) bond motifs is 2. The first-order valence-electron chi connectivity index (χ1n) is 12.0. The molecule has 3 aromatic heterocycles. The molecule has 0 saturated carbocycles. The van der Waals surface area contributed by atoms with Crippen LogP contribution in [0.15, 0.2) is 55.0 Å². The normalized spacial score (nSPS) is 17.5. The van der Waals surface area contributed by atoms with E-state index in [1.54, 1.807) is 0 Å². The van der Waals surface area contributed by atoms with E-state index in [4.69, 9.17) is 0 Å². The molecule has 4 aromatic rings. The SMILES string of the molecule is CN1CCN(c2cc(Nc3cnc4[nH]cc(-c5ccc6c(c5)C(C)(C)NC6=O)c4c3)ccn2)CC1. The number of likely N-dealkylation sites (N-methyl/N-ethyl adjacent to an activating group) is 1. The van der Waals surface area contributed by atoms with Crippen molar-refractivity contribution >= 4 is 34.1 Å². The van der Waals surface area contributed by atoms with Crippen LogP contribution in [0.2, 0.25) is 0 Å². The van der Waals surface area contributed by atoms with Crippen LogP contribution in [0.1, 0.15) is 29.8 Å². The molecule has 1 aromatic carbocycles. The molecule has 6 rings (SSSR count). The van der Waals surface area contributed by atoms with Gasteiger partial charge in [-0.25, -0.2) is 9.97 Å². The number of benzene rings is 1. The third kappa shape index (κ3) is 3.89. The molecule has 0 bridgehead atoms. The highest BCUT2D eigenvalue weighted by Crippen LogP contribution is 2.36. The zero-order valence-electron chi connectivity index (χ0n) is 20.2. The van der Waals surface area contributed by atoms with E-state index in [1.807, 2.05) is 50.6 Å². The van der Waals surface area contributed by atoms with Gasteiger partial charge in [-0.05, 0) is 56.3 Å². The maximum absolute atomic E-state index is 12.3. The number of piperazine rings is 1. The number of aromatic nitrogens is 3. The standard InChI is InChI=1S/C27H29N7O/c1-27(2)23-12-17(4-5-20(23)26(35)32-27)22-16-30-25-21(22)13-19(15-29-25)31-18-6-7-28-24(14-18)34-10-8-33(3)9-11-34/h4-7,12-16H,8-11H2,1-3H3,(H,28,31)(H,29,30)(H,32,35). The lowest BCUT2D eigenvalue weighted by molar-refractivity contribution is 0.0940. The van der Waals surface area contributed by atoms with Crippen LogP contribution in [0.4, 0.5) is 17.2 Å². The van der Waals surface area contributed by atoms with Crippen LogP contribution >= 0.6 is 0 Å². The van der Waals surface area contributed by atoms with Crippen molar-refractivity contribution in [2.75, 3.05) is 43.4 Å². The second kappa shape index (κ2) is 8.09. The predicted molar refractivity (Wildman–Crippen MR) is 139 cm³/mol. The number of nitrogens with one attached hydrogen (secondary N) is 3. The number of amides is 1. The summed E-state index contributed by atoms with van der Waals surface area (Å²) in [5.41, 5.74) is 6.21. The minimum absolute atomic E-state index is 0.0167. The molecule has 0 aliphatic carbocycles. The number of hydrogen-bond acceptors (Lipinski definition) is 6. The molecule has 0 atom stereocenters. The van der Waals surface area contributed by atoms with Gasteiger partial charge in [0.2, 0.25) is 0 Å². The molecule has 5 heterocycles. The summed E-state index contributed by atoms with van der Waals surface area (Å²) in [6.45, 7) is 8.10. The molecule has 8 nitrogen and oxygen atoms in total. The highest BCUT2D eigenvalue weighted by atomic mass is 16.2. The van der Waals surface area contributed by atoms with Gasteiger partial charge in [-0.2, -0.15) is 0 Å². The van der Waals surface area contributed by atoms with Gasteiger partial charge in [-0.1, -0.05) is 6.07 Å². The highest BCUT2D eigenvalue weighted by molar-refractivity contribution is 6.02. The number of pyridine rings is 2. The molecule has 178 valence electrons. The lowest BCUT2D eigenvalue weighted by Gasteiger charge is -2.33. The fourth-order valence-corrected chi connectivity index (χ4v) is 5.03. The third-order valence-corrected chi connectivity index (χ3v) is 7.07. The van der Waals surface area contributed by atoms with Gasteiger partial charge in [-0.3, -0.25) is 4.79 Å². The van der Waals surface area contributed by atoms with E-state index in [2.05, 4.69) is 60.6 Å². The highest BCUT2D eigenvalue weighted by Gasteiger charge is 2.35. The molecule has 3 N–H and O–H groups in total. The Morgan fingerprint density at radius 2 is 1.80 bits per heavy atom. The molecular weight excluding hydrogens is 438 g/mol. The molecule has 0 unspecified atom stereocenters. The number of H-pyrrole nitrogens is 1. The third-order valence-electron chi connectivity index (χ3n) is 7.07. The number of nitrogens with zero attached hydrogens (tertiary/aromatic N) is 4. The van der Waals surface area contributed by atoms with Crippen molar-refractivity contribution in [2.45, 2.75) is 19.4 Å². The fourth-order valence-electron chi connectivity index (χ4n) is 5.03. The van der Waals surface area contributed by atoms with Crippen molar-refractivity contribution in [3.05, 3.63) is 66.1 Å². The van der Waals surface area contributed by atoms with Crippen molar-refractivity contribution in [3.63, 3.8) is 0 Å². The second-order valence-corrected chi connectivity index (χ2v) is 9.98. The van der Waals surface area contributed by atoms with E-state index < -0.39 is 0 Å². The molecule has 8 heteroatoms. The minimum atomic E-state index is -0.387. The van der Waals surface area contributed by atoms with E-state index in [9.17, 15) is 4.79 Å². The maximum Gasteiger partial charge on any atom is 0.252 e. The number of rotatable bonds is 4. The fraction of sp³-hybridized carbons (Fsp3) is 0.296. The first-order valence-corrected chi connectivity index (χ1v) is 12.0. The minimum Gasteiger partial charge on any atom is -0.354 e. The summed E-state index contributed by atoms with van der Waals surface area (Å²) >= 11 is 0. The van der Waals surface area contributed by atoms with Gasteiger partial charge >= 0.3 is 0 Å². The molecule has 0 spiro atoms. The summed E-state index contributed by atoms with van der Waals surface area (Å²) in [5.74, 6) is 0.973.